The Kier molecular flexibility index (Phi) is 9.72. The number of carbonyl (C=O) groups is 2. The van der Waals surface area contributed by atoms with Crippen LogP contribution in [0.5, 0.6) is 0 Å². The van der Waals surface area contributed by atoms with Crippen LogP contribution in [0.15, 0.2) is 53.0 Å². The van der Waals surface area contributed by atoms with Crippen LogP contribution >= 0.6 is 11.3 Å². The van der Waals surface area contributed by atoms with E-state index in [1.807, 2.05) is 55.6 Å². The second-order valence-corrected chi connectivity index (χ2v) is 12.3. The number of rotatable bonds is 11. The van der Waals surface area contributed by atoms with E-state index in [2.05, 4.69) is 38.5 Å². The van der Waals surface area contributed by atoms with Crippen molar-refractivity contribution in [3.8, 4) is 16.5 Å². The molecule has 2 aromatic carbocycles. The molecule has 1 amide bonds. The Morgan fingerprint density at radius 3 is 2.56 bits per heavy atom. The predicted molar refractivity (Wildman–Crippen MR) is 173 cm³/mol. The third-order valence-corrected chi connectivity index (χ3v) is 9.25. The quantitative estimate of drug-likeness (QED) is 0.0430. The Balaban J connectivity index is 1.69. The first kappa shape index (κ1) is 32.0. The standard InChI is InChI=1S/C33H35N5O6S/c1-4-37-28-12-11-22(27(9-6-5-7-13-34)35-44-32(40)38(41)42)19-24(28)25-20-23(21-26(30(25)37)29-10-8-18-45-29)31(39)33(2,3)36-14-16-43-17-15-36/h8,10-12,18-21H,4-7,9,14-17H2,1-3H3/b35-27+. The molecule has 234 valence electrons. The average molecular weight is 630 g/mol. The largest absolute Gasteiger partial charge is 0.683 e. The molecule has 0 radical (unpaired) electrons. The lowest BCUT2D eigenvalue weighted by molar-refractivity contribution is -0.396. The van der Waals surface area contributed by atoms with Crippen LogP contribution in [0.1, 0.15) is 62.4 Å². The highest BCUT2D eigenvalue weighted by atomic mass is 32.1. The first-order valence-corrected chi connectivity index (χ1v) is 15.9. The van der Waals surface area contributed by atoms with Crippen molar-refractivity contribution in [2.75, 3.05) is 26.3 Å². The number of amides is 1. The molecule has 1 fully saturated rings. The highest BCUT2D eigenvalue weighted by Gasteiger charge is 2.36. The van der Waals surface area contributed by atoms with Gasteiger partial charge in [-0.05, 0) is 75.7 Å². The predicted octanol–water partition coefficient (Wildman–Crippen LogP) is 7.04. The first-order valence-electron chi connectivity index (χ1n) is 15.0. The number of aromatic nitrogens is 1. The van der Waals surface area contributed by atoms with Gasteiger partial charge in [0.15, 0.2) is 5.78 Å². The molecule has 4 aromatic rings. The van der Waals surface area contributed by atoms with Crippen molar-refractivity contribution in [1.82, 2.24) is 9.47 Å². The molecule has 0 saturated carbocycles. The average Bonchev–Trinajstić information content (AvgIpc) is 3.70. The molecule has 1 aliphatic rings. The fourth-order valence-electron chi connectivity index (χ4n) is 5.98. The molecule has 0 N–H and O–H groups in total. The summed E-state index contributed by atoms with van der Waals surface area (Å²) in [6, 6.07) is 15.9. The third-order valence-electron chi connectivity index (χ3n) is 8.35. The molecule has 0 unspecified atom stereocenters. The molecule has 1 aliphatic heterocycles. The van der Waals surface area contributed by atoms with Gasteiger partial charge in [0.05, 0.1) is 36.1 Å². The number of ether oxygens (including phenoxy) is 1. The monoisotopic (exact) mass is 629 g/mol. The second-order valence-electron chi connectivity index (χ2n) is 11.4. The van der Waals surface area contributed by atoms with E-state index in [1.165, 1.54) is 0 Å². The number of hydrogen-bond acceptors (Lipinski definition) is 10. The van der Waals surface area contributed by atoms with Crippen LogP contribution in [0.3, 0.4) is 0 Å². The number of oxime groups is 1. The molecular weight excluding hydrogens is 594 g/mol. The van der Waals surface area contributed by atoms with Gasteiger partial charge in [0.2, 0.25) is 0 Å². The topological polar surface area (TPSA) is 140 Å². The lowest BCUT2D eigenvalue weighted by atomic mass is 9.88. The van der Waals surface area contributed by atoms with E-state index in [-0.39, 0.29) is 5.78 Å². The van der Waals surface area contributed by atoms with Crippen LogP contribution in [-0.4, -0.2) is 63.8 Å². The van der Waals surface area contributed by atoms with Gasteiger partial charge in [-0.3, -0.25) is 24.6 Å². The lowest BCUT2D eigenvalue weighted by Crippen LogP contribution is -2.54. The summed E-state index contributed by atoms with van der Waals surface area (Å²) in [6.07, 6.45) is 0.218. The molecule has 0 aliphatic carbocycles. The molecule has 12 heteroatoms. The Morgan fingerprint density at radius 2 is 1.89 bits per heavy atom. The van der Waals surface area contributed by atoms with Gasteiger partial charge >= 0.3 is 6.09 Å². The Labute approximate surface area is 264 Å². The zero-order chi connectivity index (χ0) is 32.1. The second kappa shape index (κ2) is 13.7. The SMILES string of the molecule is CCn1c2ccc(/C(CCCCC#N)=N/OC(=O)[N+](=O)[O-])cc2c2cc(C(=O)C(C)(C)N3CCOCC3)cc(-c3cccs3)c21. The van der Waals surface area contributed by atoms with Crippen molar-refractivity contribution in [2.45, 2.75) is 58.5 Å². The van der Waals surface area contributed by atoms with Crippen LogP contribution in [-0.2, 0) is 16.1 Å². The molecule has 45 heavy (non-hydrogen) atoms. The summed E-state index contributed by atoms with van der Waals surface area (Å²) in [5.74, 6) is 0.0177. The zero-order valence-electron chi connectivity index (χ0n) is 25.6. The number of nitro groups is 1. The normalized spacial score (nSPS) is 14.5. The maximum absolute atomic E-state index is 14.3. The number of morpholine rings is 1. The van der Waals surface area contributed by atoms with E-state index < -0.39 is 16.6 Å². The Morgan fingerprint density at radius 1 is 1.13 bits per heavy atom. The first-order chi connectivity index (χ1) is 21.7. The van der Waals surface area contributed by atoms with Gasteiger partial charge in [-0.2, -0.15) is 10.1 Å². The zero-order valence-corrected chi connectivity index (χ0v) is 26.4. The molecule has 2 aromatic heterocycles. The van der Waals surface area contributed by atoms with E-state index >= 15 is 0 Å². The number of fused-ring (bicyclic) bond motifs is 3. The van der Waals surface area contributed by atoms with Crippen LogP contribution in [0.2, 0.25) is 0 Å². The van der Waals surface area contributed by atoms with E-state index in [4.69, 9.17) is 10.00 Å². The summed E-state index contributed by atoms with van der Waals surface area (Å²) in [7, 11) is 0. The molecule has 3 heterocycles. The number of nitriles is 1. The van der Waals surface area contributed by atoms with Crippen LogP contribution < -0.4 is 0 Å². The summed E-state index contributed by atoms with van der Waals surface area (Å²) in [4.78, 5) is 43.4. The van der Waals surface area contributed by atoms with Gasteiger partial charge < -0.3 is 9.30 Å². The summed E-state index contributed by atoms with van der Waals surface area (Å²) < 4.78 is 7.76. The van der Waals surface area contributed by atoms with Crippen molar-refractivity contribution in [1.29, 1.82) is 5.26 Å². The van der Waals surface area contributed by atoms with Crippen LogP contribution in [0, 0.1) is 21.4 Å². The minimum Gasteiger partial charge on any atom is -0.379 e. The van der Waals surface area contributed by atoms with Crippen molar-refractivity contribution in [3.63, 3.8) is 0 Å². The summed E-state index contributed by atoms with van der Waals surface area (Å²) in [5, 5.41) is 27.5. The summed E-state index contributed by atoms with van der Waals surface area (Å²) in [6.45, 7) is 9.20. The summed E-state index contributed by atoms with van der Waals surface area (Å²) >= 11 is 1.61. The number of benzene rings is 2. The number of Topliss-reactive ketones (excluding diaryl/α,β-unsaturated/α-hetero) is 1. The van der Waals surface area contributed by atoms with Crippen molar-refractivity contribution in [2.24, 2.45) is 5.16 Å². The highest BCUT2D eigenvalue weighted by Crippen LogP contribution is 2.40. The van der Waals surface area contributed by atoms with Gasteiger partial charge in [-0.1, -0.05) is 17.3 Å². The number of thiophene rings is 1. The number of aryl methyl sites for hydroxylation is 1. The van der Waals surface area contributed by atoms with Crippen molar-refractivity contribution >= 4 is 50.7 Å². The van der Waals surface area contributed by atoms with Crippen molar-refractivity contribution < 1.29 is 24.1 Å². The van der Waals surface area contributed by atoms with E-state index in [0.717, 1.165) is 32.2 Å². The van der Waals surface area contributed by atoms with Crippen LogP contribution in [0.25, 0.3) is 32.2 Å². The van der Waals surface area contributed by atoms with E-state index in [1.54, 1.807) is 11.3 Å². The molecule has 0 spiro atoms. The number of carbonyl (C=O) groups excluding carboxylic acids is 2. The molecular formula is C33H35N5O6S. The highest BCUT2D eigenvalue weighted by molar-refractivity contribution is 7.13. The Hall–Kier alpha value is -4.44. The molecule has 1 saturated heterocycles. The van der Waals surface area contributed by atoms with Gasteiger partial charge in [-0.25, -0.2) is 0 Å². The van der Waals surface area contributed by atoms with Gasteiger partial charge in [0, 0.05) is 63.9 Å². The third kappa shape index (κ3) is 6.51. The fraction of sp³-hybridized carbons (Fsp3) is 0.394. The number of ketones is 1. The molecule has 0 bridgehead atoms. The maximum atomic E-state index is 14.3. The van der Waals surface area contributed by atoms with Gasteiger partial charge in [0.25, 0.3) is 0 Å². The van der Waals surface area contributed by atoms with Crippen molar-refractivity contribution in [3.05, 3.63) is 69.1 Å². The molecule has 0 atom stereocenters. The van der Waals surface area contributed by atoms with Gasteiger partial charge in [-0.15, -0.1) is 11.3 Å². The van der Waals surface area contributed by atoms with E-state index in [0.29, 0.717) is 75.4 Å². The summed E-state index contributed by atoms with van der Waals surface area (Å²) in [5.41, 5.74) is 3.78. The Bertz CT molecular complexity index is 1810. The fourth-order valence-corrected chi connectivity index (χ4v) is 6.73. The van der Waals surface area contributed by atoms with Gasteiger partial charge in [0.1, 0.15) is 4.92 Å². The number of hydrogen-bond donors (Lipinski definition) is 0. The smallest absolute Gasteiger partial charge is 0.379 e. The lowest BCUT2D eigenvalue weighted by Gasteiger charge is -2.39. The minimum atomic E-state index is -1.67. The number of unbranched alkanes of at least 4 members (excludes halogenated alkanes) is 2. The number of nitrogens with zero attached hydrogens (tertiary/aromatic N) is 5. The van der Waals surface area contributed by atoms with E-state index in [9.17, 15) is 19.7 Å². The maximum Gasteiger partial charge on any atom is 0.683 e. The molecule has 5 rings (SSSR count). The van der Waals surface area contributed by atoms with Crippen LogP contribution in [0.4, 0.5) is 4.79 Å². The molecule has 11 nitrogen and oxygen atoms in total. The minimum absolute atomic E-state index is 0.0177.